The van der Waals surface area contributed by atoms with Crippen LogP contribution in [-0.4, -0.2) is 24.0 Å². The number of aromatic carboxylic acids is 1. The molecule has 0 unspecified atom stereocenters. The van der Waals surface area contributed by atoms with Gasteiger partial charge in [-0.2, -0.15) is 0 Å². The lowest BCUT2D eigenvalue weighted by molar-refractivity contribution is 0.0696. The molecule has 0 aliphatic rings. The van der Waals surface area contributed by atoms with Gasteiger partial charge in [-0.25, -0.2) is 4.79 Å². The molecule has 1 N–H and O–H groups in total. The molecule has 0 radical (unpaired) electrons. The number of amides is 1. The van der Waals surface area contributed by atoms with Gasteiger partial charge in [-0.05, 0) is 59.0 Å². The van der Waals surface area contributed by atoms with Gasteiger partial charge in [-0.1, -0.05) is 12.1 Å². The van der Waals surface area contributed by atoms with E-state index in [0.717, 1.165) is 3.57 Å². The SMILES string of the molecule is CN(C(=O)c1ccccc1I)c1ccc(C(=O)O)cc1. The highest BCUT2D eigenvalue weighted by atomic mass is 127. The van der Waals surface area contributed by atoms with Gasteiger partial charge in [0.05, 0.1) is 11.1 Å². The minimum atomic E-state index is -0.983. The van der Waals surface area contributed by atoms with Crippen molar-refractivity contribution in [2.24, 2.45) is 0 Å². The standard InChI is InChI=1S/C15H12INO3/c1-17(11-8-6-10(7-9-11)15(19)20)14(18)12-4-2-3-5-13(12)16/h2-9H,1H3,(H,19,20). The number of carboxylic acid groups (broad SMARTS) is 1. The van der Waals surface area contributed by atoms with Crippen LogP contribution < -0.4 is 4.90 Å². The summed E-state index contributed by atoms with van der Waals surface area (Å²) in [6.07, 6.45) is 0. The van der Waals surface area contributed by atoms with Crippen molar-refractivity contribution >= 4 is 40.2 Å². The van der Waals surface area contributed by atoms with E-state index in [1.54, 1.807) is 25.2 Å². The van der Waals surface area contributed by atoms with Gasteiger partial charge < -0.3 is 10.0 Å². The van der Waals surface area contributed by atoms with Crippen molar-refractivity contribution in [2.75, 3.05) is 11.9 Å². The number of halogens is 1. The molecule has 0 heterocycles. The summed E-state index contributed by atoms with van der Waals surface area (Å²) in [4.78, 5) is 24.7. The molecule has 102 valence electrons. The third-order valence-corrected chi connectivity index (χ3v) is 3.85. The van der Waals surface area contributed by atoms with E-state index in [2.05, 4.69) is 22.6 Å². The van der Waals surface area contributed by atoms with E-state index in [9.17, 15) is 9.59 Å². The summed E-state index contributed by atoms with van der Waals surface area (Å²) in [6, 6.07) is 13.5. The van der Waals surface area contributed by atoms with Crippen LogP contribution in [0.3, 0.4) is 0 Å². The Bertz CT molecular complexity index is 652. The van der Waals surface area contributed by atoms with Gasteiger partial charge in [0, 0.05) is 16.3 Å². The Morgan fingerprint density at radius 2 is 1.65 bits per heavy atom. The Kier molecular flexibility index (Phi) is 4.39. The van der Waals surface area contributed by atoms with Crippen LogP contribution in [-0.2, 0) is 0 Å². The summed E-state index contributed by atoms with van der Waals surface area (Å²) in [5, 5.41) is 8.86. The van der Waals surface area contributed by atoms with Crippen LogP contribution in [0, 0.1) is 3.57 Å². The number of carbonyl (C=O) groups is 2. The molecule has 5 heteroatoms. The largest absolute Gasteiger partial charge is 0.478 e. The fraction of sp³-hybridized carbons (Fsp3) is 0.0667. The highest BCUT2D eigenvalue weighted by Gasteiger charge is 2.16. The molecule has 20 heavy (non-hydrogen) atoms. The minimum absolute atomic E-state index is 0.127. The topological polar surface area (TPSA) is 57.6 Å². The molecular weight excluding hydrogens is 369 g/mol. The van der Waals surface area contributed by atoms with Gasteiger partial charge >= 0.3 is 5.97 Å². The van der Waals surface area contributed by atoms with Gasteiger partial charge in [-0.15, -0.1) is 0 Å². The molecule has 0 atom stereocenters. The Labute approximate surface area is 130 Å². The van der Waals surface area contributed by atoms with Crippen molar-refractivity contribution < 1.29 is 14.7 Å². The molecule has 4 nitrogen and oxygen atoms in total. The predicted molar refractivity (Wildman–Crippen MR) is 85.3 cm³/mol. The van der Waals surface area contributed by atoms with Gasteiger partial charge in [0.1, 0.15) is 0 Å². The van der Waals surface area contributed by atoms with Crippen LogP contribution in [0.1, 0.15) is 20.7 Å². The van der Waals surface area contributed by atoms with Crippen LogP contribution in [0.15, 0.2) is 48.5 Å². The quantitative estimate of drug-likeness (QED) is 0.831. The maximum absolute atomic E-state index is 12.4. The maximum atomic E-state index is 12.4. The summed E-state index contributed by atoms with van der Waals surface area (Å²) < 4.78 is 0.879. The van der Waals surface area contributed by atoms with Crippen molar-refractivity contribution in [1.29, 1.82) is 0 Å². The maximum Gasteiger partial charge on any atom is 0.335 e. The van der Waals surface area contributed by atoms with E-state index < -0.39 is 5.97 Å². The van der Waals surface area contributed by atoms with E-state index in [4.69, 9.17) is 5.11 Å². The third kappa shape index (κ3) is 2.98. The summed E-state index contributed by atoms with van der Waals surface area (Å²) in [6.45, 7) is 0. The average Bonchev–Trinajstić information content (AvgIpc) is 2.46. The van der Waals surface area contributed by atoms with Crippen molar-refractivity contribution in [1.82, 2.24) is 0 Å². The zero-order valence-corrected chi connectivity index (χ0v) is 12.9. The number of benzene rings is 2. The van der Waals surface area contributed by atoms with Crippen molar-refractivity contribution in [3.63, 3.8) is 0 Å². The van der Waals surface area contributed by atoms with Crippen molar-refractivity contribution in [3.05, 3.63) is 63.2 Å². The average molecular weight is 381 g/mol. The molecule has 0 aliphatic heterocycles. The first kappa shape index (κ1) is 14.5. The first-order valence-electron chi connectivity index (χ1n) is 5.86. The molecule has 0 saturated carbocycles. The third-order valence-electron chi connectivity index (χ3n) is 2.91. The predicted octanol–water partition coefficient (Wildman–Crippen LogP) is 3.27. The van der Waals surface area contributed by atoms with E-state index in [1.807, 2.05) is 18.2 Å². The van der Waals surface area contributed by atoms with Crippen molar-refractivity contribution in [2.45, 2.75) is 0 Å². The lowest BCUT2D eigenvalue weighted by Gasteiger charge is -2.18. The zero-order chi connectivity index (χ0) is 14.7. The lowest BCUT2D eigenvalue weighted by Crippen LogP contribution is -2.26. The number of nitrogens with zero attached hydrogens (tertiary/aromatic N) is 1. The van der Waals surface area contributed by atoms with Crippen LogP contribution in [0.4, 0.5) is 5.69 Å². The molecule has 2 aromatic rings. The minimum Gasteiger partial charge on any atom is -0.478 e. The smallest absolute Gasteiger partial charge is 0.335 e. The van der Waals surface area contributed by atoms with Gasteiger partial charge in [0.15, 0.2) is 0 Å². The Morgan fingerprint density at radius 3 is 2.20 bits per heavy atom. The van der Waals surface area contributed by atoms with Crippen molar-refractivity contribution in [3.8, 4) is 0 Å². The van der Waals surface area contributed by atoms with Gasteiger partial charge in [0.25, 0.3) is 5.91 Å². The van der Waals surface area contributed by atoms with Gasteiger partial charge in [-0.3, -0.25) is 4.79 Å². The molecule has 0 spiro atoms. The van der Waals surface area contributed by atoms with E-state index >= 15 is 0 Å². The number of rotatable bonds is 3. The second-order valence-corrected chi connectivity index (χ2v) is 5.36. The molecule has 0 saturated heterocycles. The van der Waals surface area contributed by atoms with Crippen LogP contribution in [0.2, 0.25) is 0 Å². The molecule has 0 aromatic heterocycles. The molecule has 0 bridgehead atoms. The number of carbonyl (C=O) groups excluding carboxylic acids is 1. The second-order valence-electron chi connectivity index (χ2n) is 4.20. The molecule has 1 amide bonds. The zero-order valence-electron chi connectivity index (χ0n) is 10.7. The lowest BCUT2D eigenvalue weighted by atomic mass is 10.1. The summed E-state index contributed by atoms with van der Waals surface area (Å²) >= 11 is 2.12. The fourth-order valence-corrected chi connectivity index (χ4v) is 2.38. The van der Waals surface area contributed by atoms with Gasteiger partial charge in [0.2, 0.25) is 0 Å². The first-order valence-corrected chi connectivity index (χ1v) is 6.94. The van der Waals surface area contributed by atoms with E-state index in [1.165, 1.54) is 17.0 Å². The summed E-state index contributed by atoms with van der Waals surface area (Å²) in [7, 11) is 1.67. The number of hydrogen-bond acceptors (Lipinski definition) is 2. The van der Waals surface area contributed by atoms with E-state index in [0.29, 0.717) is 11.3 Å². The summed E-state index contributed by atoms with van der Waals surface area (Å²) in [5.74, 6) is -1.11. The highest BCUT2D eigenvalue weighted by molar-refractivity contribution is 14.1. The summed E-state index contributed by atoms with van der Waals surface area (Å²) in [5.41, 5.74) is 1.47. The fourth-order valence-electron chi connectivity index (χ4n) is 1.76. The normalized spacial score (nSPS) is 10.1. The second kappa shape index (κ2) is 6.04. The van der Waals surface area contributed by atoms with E-state index in [-0.39, 0.29) is 11.5 Å². The Balaban J connectivity index is 2.27. The van der Waals surface area contributed by atoms with Crippen LogP contribution in [0.5, 0.6) is 0 Å². The Hall–Kier alpha value is -1.89. The van der Waals surface area contributed by atoms with Crippen LogP contribution >= 0.6 is 22.6 Å². The number of anilines is 1. The van der Waals surface area contributed by atoms with Crippen LogP contribution in [0.25, 0.3) is 0 Å². The highest BCUT2D eigenvalue weighted by Crippen LogP contribution is 2.19. The number of carboxylic acids is 1. The first-order chi connectivity index (χ1) is 9.50. The molecule has 2 aromatic carbocycles. The molecular formula is C15H12INO3. The molecule has 2 rings (SSSR count). The molecule has 0 aliphatic carbocycles. The molecule has 0 fully saturated rings. The Morgan fingerprint density at radius 1 is 1.05 bits per heavy atom. The monoisotopic (exact) mass is 381 g/mol. The number of hydrogen-bond donors (Lipinski definition) is 1.